The number of ether oxygens (including phenoxy) is 2. The van der Waals surface area contributed by atoms with Gasteiger partial charge in [0.1, 0.15) is 18.1 Å². The van der Waals surface area contributed by atoms with Crippen molar-refractivity contribution in [3.8, 4) is 0 Å². The predicted molar refractivity (Wildman–Crippen MR) is 165 cm³/mol. The van der Waals surface area contributed by atoms with Crippen LogP contribution in [0.15, 0.2) is 36.4 Å². The number of rotatable bonds is 11. The van der Waals surface area contributed by atoms with Gasteiger partial charge in [-0.3, -0.25) is 10.1 Å². The standard InChI is InChI=1S/C36H49FN2O4/c1-23-13-17-28-31-34(2,21-26-20-27(37)16-14-25(26)15-18-30(40)42-4)36(31,35(23,28)3)33-39-29(22-43-33)32(41)38-19-9-8-12-24-10-6-5-7-11-24/h14-16,18,20,24,28-29,31,33,39H,1,5-13,17,19,21-22H2,2-4H3,(H,38,41)/b18-15+. The lowest BCUT2D eigenvalue weighted by Crippen LogP contribution is -2.58. The first-order valence-electron chi connectivity index (χ1n) is 16.5. The van der Waals surface area contributed by atoms with Gasteiger partial charge in [0.2, 0.25) is 5.91 Å². The number of unbranched alkanes of at least 4 members (excludes halogenated alkanes) is 1. The monoisotopic (exact) mass is 592 g/mol. The second kappa shape index (κ2) is 11.8. The minimum absolute atomic E-state index is 0.0158. The van der Waals surface area contributed by atoms with E-state index in [4.69, 9.17) is 9.47 Å². The van der Waals surface area contributed by atoms with Crippen LogP contribution in [0.25, 0.3) is 6.08 Å². The number of methoxy groups -OCH3 is 1. The Morgan fingerprint density at radius 3 is 2.74 bits per heavy atom. The van der Waals surface area contributed by atoms with Gasteiger partial charge < -0.3 is 14.8 Å². The number of esters is 1. The average molecular weight is 593 g/mol. The summed E-state index contributed by atoms with van der Waals surface area (Å²) in [4.78, 5) is 25.0. The molecule has 1 aromatic carbocycles. The highest BCUT2D eigenvalue weighted by atomic mass is 19.1. The Balaban J connectivity index is 1.14. The van der Waals surface area contributed by atoms with E-state index < -0.39 is 5.97 Å². The normalized spacial score (nSPS) is 36.7. The van der Waals surface area contributed by atoms with Gasteiger partial charge in [-0.15, -0.1) is 0 Å². The Labute approximate surface area is 256 Å². The van der Waals surface area contributed by atoms with Crippen molar-refractivity contribution in [1.82, 2.24) is 10.6 Å². The Hall–Kier alpha value is -2.51. The number of carbonyl (C=O) groups is 2. The molecule has 0 radical (unpaired) electrons. The molecule has 1 aromatic rings. The molecule has 7 heteroatoms. The maximum absolute atomic E-state index is 14.6. The molecule has 234 valence electrons. The van der Waals surface area contributed by atoms with E-state index in [1.54, 1.807) is 18.2 Å². The minimum atomic E-state index is -0.445. The first-order chi connectivity index (χ1) is 20.7. The molecule has 5 fully saturated rings. The summed E-state index contributed by atoms with van der Waals surface area (Å²) < 4.78 is 25.8. The van der Waals surface area contributed by atoms with E-state index in [-0.39, 0.29) is 40.2 Å². The highest BCUT2D eigenvalue weighted by molar-refractivity contribution is 5.87. The highest BCUT2D eigenvalue weighted by Gasteiger charge is 2.94. The third kappa shape index (κ3) is 4.89. The lowest BCUT2D eigenvalue weighted by molar-refractivity contribution is -0.134. The van der Waals surface area contributed by atoms with Crippen LogP contribution in [0.2, 0.25) is 0 Å². The van der Waals surface area contributed by atoms with Crippen molar-refractivity contribution in [2.75, 3.05) is 20.3 Å². The summed E-state index contributed by atoms with van der Waals surface area (Å²) in [6.45, 7) is 10.2. The predicted octanol–water partition coefficient (Wildman–Crippen LogP) is 6.34. The van der Waals surface area contributed by atoms with Crippen molar-refractivity contribution in [1.29, 1.82) is 0 Å². The first-order valence-corrected chi connectivity index (χ1v) is 16.5. The molecule has 1 aliphatic heterocycles. The van der Waals surface area contributed by atoms with Crippen LogP contribution in [-0.4, -0.2) is 44.4 Å². The van der Waals surface area contributed by atoms with Gasteiger partial charge in [0.05, 0.1) is 13.7 Å². The van der Waals surface area contributed by atoms with E-state index in [9.17, 15) is 14.0 Å². The molecule has 4 aliphatic carbocycles. The lowest BCUT2D eigenvalue weighted by Gasteiger charge is -2.53. The summed E-state index contributed by atoms with van der Waals surface area (Å²) in [6, 6.07) is 4.37. The Morgan fingerprint density at radius 2 is 1.98 bits per heavy atom. The molecule has 0 bridgehead atoms. The van der Waals surface area contributed by atoms with Gasteiger partial charge in [-0.1, -0.05) is 77.0 Å². The second-order valence-electron chi connectivity index (χ2n) is 14.3. The van der Waals surface area contributed by atoms with Crippen molar-refractivity contribution in [3.63, 3.8) is 0 Å². The number of allylic oxidation sites excluding steroid dienone is 1. The molecule has 6 nitrogen and oxygen atoms in total. The van der Waals surface area contributed by atoms with Gasteiger partial charge in [0.25, 0.3) is 0 Å². The number of amides is 1. The van der Waals surface area contributed by atoms with Crippen LogP contribution >= 0.6 is 0 Å². The average Bonchev–Trinajstić information content (AvgIpc) is 3.27. The third-order valence-electron chi connectivity index (χ3n) is 12.4. The molecule has 0 spiro atoms. The van der Waals surface area contributed by atoms with Crippen LogP contribution in [0.1, 0.15) is 89.2 Å². The molecule has 1 amide bonds. The summed E-state index contributed by atoms with van der Waals surface area (Å²) in [6.07, 6.45) is 15.9. The molecule has 7 unspecified atom stereocenters. The summed E-state index contributed by atoms with van der Waals surface area (Å²) in [7, 11) is 1.34. The summed E-state index contributed by atoms with van der Waals surface area (Å²) in [5.41, 5.74) is 2.42. The van der Waals surface area contributed by atoms with Crippen LogP contribution in [-0.2, 0) is 25.5 Å². The topological polar surface area (TPSA) is 76.7 Å². The molecule has 43 heavy (non-hydrogen) atoms. The fraction of sp³-hybridized carbons (Fsp3) is 0.667. The second-order valence-corrected chi connectivity index (χ2v) is 14.3. The molecule has 1 saturated heterocycles. The highest BCUT2D eigenvalue weighted by Crippen LogP contribution is 2.95. The molecule has 6 rings (SSSR count). The molecular formula is C36H49FN2O4. The van der Waals surface area contributed by atoms with Crippen LogP contribution in [0.5, 0.6) is 0 Å². The molecule has 7 atom stereocenters. The molecule has 5 aliphatic rings. The quantitative estimate of drug-likeness (QED) is 0.136. The number of benzene rings is 1. The molecular weight excluding hydrogens is 543 g/mol. The van der Waals surface area contributed by atoms with E-state index in [0.717, 1.165) is 36.3 Å². The summed E-state index contributed by atoms with van der Waals surface area (Å²) in [5.74, 6) is 1.03. The van der Waals surface area contributed by atoms with Crippen LogP contribution in [0, 0.1) is 39.8 Å². The minimum Gasteiger partial charge on any atom is -0.466 e. The van der Waals surface area contributed by atoms with Gasteiger partial charge in [0, 0.05) is 23.5 Å². The number of fused-ring (bicyclic) bond motifs is 4. The number of nitrogens with one attached hydrogen (secondary N) is 2. The van der Waals surface area contributed by atoms with Gasteiger partial charge in [-0.2, -0.15) is 0 Å². The summed E-state index contributed by atoms with van der Waals surface area (Å²) >= 11 is 0. The van der Waals surface area contributed by atoms with Crippen LogP contribution in [0.4, 0.5) is 4.39 Å². The fourth-order valence-electron chi connectivity index (χ4n) is 10.3. The number of hydrogen-bond donors (Lipinski definition) is 2. The van der Waals surface area contributed by atoms with Crippen molar-refractivity contribution in [2.45, 2.75) is 96.7 Å². The van der Waals surface area contributed by atoms with Gasteiger partial charge in [-0.25, -0.2) is 9.18 Å². The molecule has 2 N–H and O–H groups in total. The van der Waals surface area contributed by atoms with E-state index in [1.165, 1.54) is 69.8 Å². The van der Waals surface area contributed by atoms with Gasteiger partial charge >= 0.3 is 5.97 Å². The van der Waals surface area contributed by atoms with Crippen molar-refractivity contribution in [3.05, 3.63) is 53.4 Å². The van der Waals surface area contributed by atoms with Crippen molar-refractivity contribution in [2.24, 2.45) is 34.0 Å². The lowest BCUT2D eigenvalue weighted by atomic mass is 9.52. The summed E-state index contributed by atoms with van der Waals surface area (Å²) in [5, 5.41) is 6.78. The van der Waals surface area contributed by atoms with Crippen LogP contribution in [0.3, 0.4) is 0 Å². The Bertz CT molecular complexity index is 1290. The maximum atomic E-state index is 14.6. The van der Waals surface area contributed by atoms with E-state index in [2.05, 4.69) is 31.1 Å². The zero-order valence-corrected chi connectivity index (χ0v) is 26.2. The number of hydrogen-bond acceptors (Lipinski definition) is 5. The molecule has 1 heterocycles. The van der Waals surface area contributed by atoms with E-state index in [0.29, 0.717) is 31.4 Å². The Kier molecular flexibility index (Phi) is 8.36. The van der Waals surface area contributed by atoms with Gasteiger partial charge in [-0.05, 0) is 78.2 Å². The van der Waals surface area contributed by atoms with Crippen LogP contribution < -0.4 is 10.6 Å². The number of halogens is 1. The van der Waals surface area contributed by atoms with E-state index >= 15 is 0 Å². The zero-order chi connectivity index (χ0) is 30.4. The largest absolute Gasteiger partial charge is 0.466 e. The van der Waals surface area contributed by atoms with Crippen molar-refractivity contribution >= 4 is 18.0 Å². The first kappa shape index (κ1) is 30.5. The smallest absolute Gasteiger partial charge is 0.330 e. The third-order valence-corrected chi connectivity index (χ3v) is 12.4. The molecule has 0 aromatic heterocycles. The fourth-order valence-corrected chi connectivity index (χ4v) is 10.3. The molecule has 4 saturated carbocycles. The maximum Gasteiger partial charge on any atom is 0.330 e. The number of carbonyl (C=O) groups excluding carboxylic acids is 2. The van der Waals surface area contributed by atoms with Gasteiger partial charge in [0.15, 0.2) is 0 Å². The SMILES string of the molecule is C=C1CCC2C3C(C)(Cc4cc(F)ccc4/C=C/C(=O)OC)C3(C3NC(C(=O)NCCCCC4CCCCC4)CO3)C12C. The van der Waals surface area contributed by atoms with E-state index in [1.807, 2.05) is 0 Å². The Morgan fingerprint density at radius 1 is 1.19 bits per heavy atom. The zero-order valence-electron chi connectivity index (χ0n) is 26.2. The van der Waals surface area contributed by atoms with Crippen molar-refractivity contribution < 1.29 is 23.5 Å².